The van der Waals surface area contributed by atoms with Crippen molar-refractivity contribution in [2.45, 2.75) is 13.3 Å². The lowest BCUT2D eigenvalue weighted by Gasteiger charge is -2.12. The van der Waals surface area contributed by atoms with Crippen molar-refractivity contribution in [1.82, 2.24) is 5.32 Å². The fourth-order valence-corrected chi connectivity index (χ4v) is 4.77. The molecule has 1 fully saturated rings. The maximum absolute atomic E-state index is 12.3. The van der Waals surface area contributed by atoms with Gasteiger partial charge in [-0.05, 0) is 55.2 Å². The summed E-state index contributed by atoms with van der Waals surface area (Å²) >= 11 is 0. The van der Waals surface area contributed by atoms with Gasteiger partial charge >= 0.3 is 0 Å². The molecule has 2 aromatic rings. The number of aryl methyl sites for hydroxylation is 1. The summed E-state index contributed by atoms with van der Waals surface area (Å²) in [6, 6.07) is 8.15. The van der Waals surface area contributed by atoms with Crippen molar-refractivity contribution in [2.24, 2.45) is 5.92 Å². The first-order valence-electron chi connectivity index (χ1n) is 8.28. The predicted octanol–water partition coefficient (Wildman–Crippen LogP) is 2.00. The Bertz CT molecular complexity index is 919. The van der Waals surface area contributed by atoms with E-state index < -0.39 is 9.84 Å². The van der Waals surface area contributed by atoms with Gasteiger partial charge in [-0.15, -0.1) is 0 Å². The Morgan fingerprint density at radius 3 is 2.65 bits per heavy atom. The van der Waals surface area contributed by atoms with Crippen molar-refractivity contribution in [1.29, 1.82) is 0 Å². The van der Waals surface area contributed by atoms with Crippen molar-refractivity contribution in [2.75, 3.05) is 23.4 Å². The van der Waals surface area contributed by atoms with Crippen LogP contribution in [-0.4, -0.2) is 38.3 Å². The molecule has 8 heteroatoms. The first kappa shape index (κ1) is 18.2. The van der Waals surface area contributed by atoms with Gasteiger partial charge in [0.05, 0.1) is 17.8 Å². The van der Waals surface area contributed by atoms with Gasteiger partial charge in [0, 0.05) is 17.8 Å². The van der Waals surface area contributed by atoms with E-state index in [1.54, 1.807) is 37.3 Å². The summed E-state index contributed by atoms with van der Waals surface area (Å²) < 4.78 is 28.0. The van der Waals surface area contributed by atoms with Crippen LogP contribution < -0.4 is 10.6 Å². The molecule has 26 heavy (non-hydrogen) atoms. The molecule has 1 aromatic carbocycles. The molecule has 2 heterocycles. The summed E-state index contributed by atoms with van der Waals surface area (Å²) in [4.78, 5) is 24.3. The van der Waals surface area contributed by atoms with Crippen LogP contribution in [0.2, 0.25) is 0 Å². The Morgan fingerprint density at radius 1 is 1.23 bits per heavy atom. The maximum atomic E-state index is 12.3. The van der Waals surface area contributed by atoms with Crippen LogP contribution in [0.4, 0.5) is 5.69 Å². The Kier molecular flexibility index (Phi) is 5.13. The number of hydrogen-bond acceptors (Lipinski definition) is 5. The normalized spacial score (nSPS) is 18.4. The number of furan rings is 1. The summed E-state index contributed by atoms with van der Waals surface area (Å²) in [5.41, 5.74) is 1.78. The number of nitrogens with one attached hydrogen (secondary N) is 2. The second-order valence-corrected chi connectivity index (χ2v) is 8.67. The van der Waals surface area contributed by atoms with Gasteiger partial charge in [0.2, 0.25) is 0 Å². The summed E-state index contributed by atoms with van der Waals surface area (Å²) in [6.07, 6.45) is 2.00. The molecule has 1 atom stereocenters. The molecule has 2 N–H and O–H groups in total. The third-order valence-electron chi connectivity index (χ3n) is 4.36. The topological polar surface area (TPSA) is 105 Å². The van der Waals surface area contributed by atoms with Crippen molar-refractivity contribution in [3.63, 3.8) is 0 Å². The molecule has 1 aliphatic rings. The van der Waals surface area contributed by atoms with Crippen molar-refractivity contribution in [3.05, 3.63) is 53.5 Å². The van der Waals surface area contributed by atoms with E-state index >= 15 is 0 Å². The molecule has 0 aliphatic carbocycles. The molecule has 7 nitrogen and oxygen atoms in total. The van der Waals surface area contributed by atoms with Gasteiger partial charge in [0.15, 0.2) is 15.6 Å². The second kappa shape index (κ2) is 7.33. The van der Waals surface area contributed by atoms with E-state index in [9.17, 15) is 18.0 Å². The molecule has 0 unspecified atom stereocenters. The van der Waals surface area contributed by atoms with Crippen molar-refractivity contribution < 1.29 is 22.4 Å². The minimum Gasteiger partial charge on any atom is -0.459 e. The van der Waals surface area contributed by atoms with E-state index in [1.165, 1.54) is 6.26 Å². The number of amides is 2. The molecule has 0 saturated carbocycles. The van der Waals surface area contributed by atoms with Gasteiger partial charge in [-0.1, -0.05) is 0 Å². The molecular weight excluding hydrogens is 356 g/mol. The molecule has 3 rings (SSSR count). The summed E-state index contributed by atoms with van der Waals surface area (Å²) in [7, 11) is -2.95. The van der Waals surface area contributed by atoms with Crippen LogP contribution in [0.15, 0.2) is 41.0 Å². The third kappa shape index (κ3) is 4.32. The van der Waals surface area contributed by atoms with Crippen LogP contribution in [-0.2, 0) is 9.84 Å². The average Bonchev–Trinajstić information content (AvgIpc) is 3.24. The summed E-state index contributed by atoms with van der Waals surface area (Å²) in [6.45, 7) is 2.13. The van der Waals surface area contributed by atoms with E-state index in [4.69, 9.17) is 4.42 Å². The van der Waals surface area contributed by atoms with Crippen LogP contribution in [0.3, 0.4) is 0 Å². The van der Waals surface area contributed by atoms with Crippen LogP contribution in [0.1, 0.15) is 32.9 Å². The minimum atomic E-state index is -2.95. The SMILES string of the molecule is Cc1cc(C(=O)NC[C@H]2CCS(=O)(=O)C2)ccc1NC(=O)c1ccco1. The highest BCUT2D eigenvalue weighted by atomic mass is 32.2. The zero-order chi connectivity index (χ0) is 18.7. The van der Waals surface area contributed by atoms with E-state index in [1.807, 2.05) is 0 Å². The molecule has 0 spiro atoms. The Labute approximate surface area is 151 Å². The zero-order valence-corrected chi connectivity index (χ0v) is 15.1. The van der Waals surface area contributed by atoms with Gasteiger partial charge < -0.3 is 15.1 Å². The van der Waals surface area contributed by atoms with Crippen LogP contribution in [0.25, 0.3) is 0 Å². The fraction of sp³-hybridized carbons (Fsp3) is 0.333. The number of benzene rings is 1. The molecule has 1 aliphatic heterocycles. The first-order valence-corrected chi connectivity index (χ1v) is 10.1. The highest BCUT2D eigenvalue weighted by Gasteiger charge is 2.28. The molecule has 2 amide bonds. The van der Waals surface area contributed by atoms with Gasteiger partial charge in [-0.2, -0.15) is 0 Å². The van der Waals surface area contributed by atoms with E-state index in [2.05, 4.69) is 10.6 Å². The van der Waals surface area contributed by atoms with Crippen LogP contribution in [0.5, 0.6) is 0 Å². The Balaban J connectivity index is 1.60. The first-order chi connectivity index (χ1) is 12.3. The molecule has 0 radical (unpaired) electrons. The molecule has 1 aromatic heterocycles. The highest BCUT2D eigenvalue weighted by Crippen LogP contribution is 2.19. The number of carbonyl (C=O) groups excluding carboxylic acids is 2. The lowest BCUT2D eigenvalue weighted by Crippen LogP contribution is -2.29. The fourth-order valence-electron chi connectivity index (χ4n) is 2.91. The highest BCUT2D eigenvalue weighted by molar-refractivity contribution is 7.91. The molecule has 1 saturated heterocycles. The largest absolute Gasteiger partial charge is 0.459 e. The maximum Gasteiger partial charge on any atom is 0.291 e. The van der Waals surface area contributed by atoms with Crippen LogP contribution >= 0.6 is 0 Å². The number of anilines is 1. The summed E-state index contributed by atoms with van der Waals surface area (Å²) in [5.74, 6) is -0.130. The number of sulfone groups is 1. The van der Waals surface area contributed by atoms with Gasteiger partial charge in [0.25, 0.3) is 11.8 Å². The van der Waals surface area contributed by atoms with E-state index in [0.717, 1.165) is 5.56 Å². The lowest BCUT2D eigenvalue weighted by molar-refractivity contribution is 0.0947. The average molecular weight is 376 g/mol. The number of rotatable bonds is 5. The zero-order valence-electron chi connectivity index (χ0n) is 14.3. The lowest BCUT2D eigenvalue weighted by atomic mass is 10.1. The quantitative estimate of drug-likeness (QED) is 0.830. The second-order valence-electron chi connectivity index (χ2n) is 6.44. The van der Waals surface area contributed by atoms with Gasteiger partial charge in [-0.25, -0.2) is 8.42 Å². The molecular formula is C18H20N2O5S. The Morgan fingerprint density at radius 2 is 2.04 bits per heavy atom. The third-order valence-corrected chi connectivity index (χ3v) is 6.20. The minimum absolute atomic E-state index is 0.0306. The number of hydrogen-bond donors (Lipinski definition) is 2. The van der Waals surface area contributed by atoms with Gasteiger partial charge in [0.1, 0.15) is 0 Å². The van der Waals surface area contributed by atoms with E-state index in [-0.39, 0.29) is 35.0 Å². The van der Waals surface area contributed by atoms with E-state index in [0.29, 0.717) is 24.2 Å². The smallest absolute Gasteiger partial charge is 0.291 e. The standard InChI is InChI=1S/C18H20N2O5S/c1-12-9-14(17(21)19-10-13-6-8-26(23,24)11-13)4-5-15(12)20-18(22)16-3-2-7-25-16/h2-5,7,9,13H,6,8,10-11H2,1H3,(H,19,21)(H,20,22)/t13-/m1/s1. The van der Waals surface area contributed by atoms with Gasteiger partial charge in [-0.3, -0.25) is 9.59 Å². The Hall–Kier alpha value is -2.61. The van der Waals surface area contributed by atoms with Crippen molar-refractivity contribution in [3.8, 4) is 0 Å². The molecule has 0 bridgehead atoms. The number of carbonyl (C=O) groups is 2. The predicted molar refractivity (Wildman–Crippen MR) is 96.9 cm³/mol. The van der Waals surface area contributed by atoms with Crippen LogP contribution in [0, 0.1) is 12.8 Å². The van der Waals surface area contributed by atoms with Crippen molar-refractivity contribution >= 4 is 27.3 Å². The summed E-state index contributed by atoms with van der Waals surface area (Å²) in [5, 5.41) is 5.52. The monoisotopic (exact) mass is 376 g/mol. The molecule has 138 valence electrons.